The van der Waals surface area contributed by atoms with Gasteiger partial charge in [-0.3, -0.25) is 43.2 Å². The number of ketones is 3. The summed E-state index contributed by atoms with van der Waals surface area (Å²) >= 11 is 10.6. The first kappa shape index (κ1) is 116. The number of hydrogen-bond donors (Lipinski definition) is 6. The van der Waals surface area contributed by atoms with E-state index in [0.29, 0.717) is 79.0 Å². The number of unbranched alkanes of at least 4 members (excludes halogenated alkanes) is 1. The fraction of sp³-hybridized carbons (Fsp3) is 0.351. The number of ether oxygens (including phenoxy) is 3. The van der Waals surface area contributed by atoms with Crippen LogP contribution in [0, 0.1) is 23.7 Å². The molecule has 0 saturated carbocycles. The second-order valence-corrected chi connectivity index (χ2v) is 45.6. The molecule has 0 aliphatic rings. The average Bonchev–Trinajstić information content (AvgIpc) is 1.15. The number of methoxy groups -OCH3 is 1. The molecule has 0 radical (unpaired) electrons. The van der Waals surface area contributed by atoms with Crippen LogP contribution in [-0.2, 0) is 87.0 Å². The van der Waals surface area contributed by atoms with Crippen molar-refractivity contribution in [3.05, 3.63) is 287 Å². The number of benzene rings is 6. The predicted molar refractivity (Wildman–Crippen MR) is 577 cm³/mol. The summed E-state index contributed by atoms with van der Waals surface area (Å²) < 4.78 is 85.6. The van der Waals surface area contributed by atoms with Crippen molar-refractivity contribution in [2.45, 2.75) is 214 Å². The van der Waals surface area contributed by atoms with E-state index in [9.17, 15) is 80.1 Å². The highest BCUT2D eigenvalue weighted by Crippen LogP contribution is 2.40. The monoisotopic (exact) mass is 2140 g/mol. The highest BCUT2D eigenvalue weighted by atomic mass is 35.5. The maximum absolute atomic E-state index is 13.8. The molecule has 28 nitrogen and oxygen atoms in total. The van der Waals surface area contributed by atoms with Crippen LogP contribution in [0.4, 0.5) is 13.2 Å². The van der Waals surface area contributed by atoms with E-state index in [2.05, 4.69) is 113 Å². The third-order valence-corrected chi connectivity index (χ3v) is 31.0. The fourth-order valence-electron chi connectivity index (χ4n) is 15.3. The first-order valence-corrected chi connectivity index (χ1v) is 53.2. The molecule has 0 unspecified atom stereocenters. The van der Waals surface area contributed by atoms with Crippen molar-refractivity contribution in [1.82, 2.24) is 55.1 Å². The van der Waals surface area contributed by atoms with Crippen LogP contribution in [-0.4, -0.2) is 161 Å². The Hall–Kier alpha value is -14.0. The number of hydrogen-bond acceptors (Lipinski definition) is 24. The quantitative estimate of drug-likeness (QED) is 0.0193. The largest absolute Gasteiger partial charge is 0.497 e. The van der Waals surface area contributed by atoms with Crippen molar-refractivity contribution in [1.29, 1.82) is 0 Å². The summed E-state index contributed by atoms with van der Waals surface area (Å²) in [5, 5.41) is 36.0. The van der Waals surface area contributed by atoms with Crippen LogP contribution in [0.3, 0.4) is 0 Å². The smallest absolute Gasteiger partial charge is 0.416 e. The predicted octanol–water partition coefficient (Wildman–Crippen LogP) is 23.1. The summed E-state index contributed by atoms with van der Waals surface area (Å²) in [6.45, 7) is 32.0. The van der Waals surface area contributed by atoms with Gasteiger partial charge in [-0.25, -0.2) is 43.3 Å². The van der Waals surface area contributed by atoms with Gasteiger partial charge in [-0.05, 0) is 194 Å². The average molecular weight is 2140 g/mol. The molecular formula is C114H125ClF3N11O17S4. The summed E-state index contributed by atoms with van der Waals surface area (Å²) in [4.78, 5) is 150. The second kappa shape index (κ2) is 52.0. The van der Waals surface area contributed by atoms with Crippen LogP contribution >= 0.6 is 45.6 Å². The van der Waals surface area contributed by atoms with E-state index >= 15 is 0 Å². The van der Waals surface area contributed by atoms with Crippen molar-refractivity contribution in [3.63, 3.8) is 0 Å². The molecule has 13 rings (SSSR count). The lowest BCUT2D eigenvalue weighted by Gasteiger charge is -2.22. The van der Waals surface area contributed by atoms with E-state index in [-0.39, 0.29) is 101 Å². The number of rotatable bonds is 43. The lowest BCUT2D eigenvalue weighted by atomic mass is 9.92. The van der Waals surface area contributed by atoms with Crippen LogP contribution in [0.25, 0.3) is 67.5 Å². The normalized spacial score (nSPS) is 13.0. The number of carboxylic acids is 3. The Labute approximate surface area is 889 Å². The molecule has 6 N–H and O–H groups in total. The van der Waals surface area contributed by atoms with Gasteiger partial charge < -0.3 is 45.5 Å². The van der Waals surface area contributed by atoms with Gasteiger partial charge in [0.05, 0.1) is 45.4 Å². The van der Waals surface area contributed by atoms with Crippen LogP contribution in [0.5, 0.6) is 17.4 Å². The molecule has 6 atom stereocenters. The Bertz CT molecular complexity index is 6970. The number of carbonyl (C=O) groups is 9. The van der Waals surface area contributed by atoms with E-state index in [1.165, 1.54) is 77.5 Å². The highest BCUT2D eigenvalue weighted by Gasteiger charge is 2.36. The van der Waals surface area contributed by atoms with Gasteiger partial charge in [0.25, 0.3) is 0 Å². The number of nitrogens with one attached hydrogen (secondary N) is 3. The van der Waals surface area contributed by atoms with E-state index in [1.54, 1.807) is 118 Å². The van der Waals surface area contributed by atoms with Crippen molar-refractivity contribution in [2.75, 3.05) is 26.9 Å². The molecule has 6 aromatic carbocycles. The van der Waals surface area contributed by atoms with Gasteiger partial charge >= 0.3 is 24.1 Å². The molecule has 3 amide bonds. The first-order chi connectivity index (χ1) is 70.8. The molecule has 0 bridgehead atoms. The fourth-order valence-corrected chi connectivity index (χ4v) is 20.1. The number of carboxylic acid groups (broad SMARTS) is 3. The number of thiophene rings is 3. The van der Waals surface area contributed by atoms with Crippen molar-refractivity contribution < 1.29 is 94.3 Å². The minimum atomic E-state index is -4.55. The van der Waals surface area contributed by atoms with E-state index in [0.717, 1.165) is 95.2 Å². The lowest BCUT2D eigenvalue weighted by molar-refractivity contribution is -0.142. The molecular weight excluding hydrogens is 2020 g/mol. The molecule has 0 fully saturated rings. The molecule has 0 aliphatic carbocycles. The number of aromatic nitrogens is 7. The Morgan fingerprint density at radius 2 is 0.760 bits per heavy atom. The zero-order valence-electron chi connectivity index (χ0n) is 86.7. The Morgan fingerprint density at radius 1 is 0.413 bits per heavy atom. The number of amides is 3. The van der Waals surface area contributed by atoms with Crippen LogP contribution in [0.2, 0.25) is 5.02 Å². The Kier molecular flexibility index (Phi) is 40.3. The molecule has 0 spiro atoms. The number of carbonyl (C=O) groups excluding carboxylic acids is 6. The highest BCUT2D eigenvalue weighted by molar-refractivity contribution is 7.89. The molecule has 36 heteroatoms. The van der Waals surface area contributed by atoms with Gasteiger partial charge in [-0.2, -0.15) is 17.5 Å². The Morgan fingerprint density at radius 3 is 1.08 bits per heavy atom. The zero-order chi connectivity index (χ0) is 109. The van der Waals surface area contributed by atoms with Gasteiger partial charge in [0.1, 0.15) is 34.6 Å². The number of pyridine rings is 1. The van der Waals surface area contributed by atoms with Crippen molar-refractivity contribution in [3.8, 4) is 84.9 Å². The van der Waals surface area contributed by atoms with Crippen LogP contribution in [0.15, 0.2) is 230 Å². The molecule has 790 valence electrons. The summed E-state index contributed by atoms with van der Waals surface area (Å²) in [5.74, 6) is -5.01. The number of Topliss-reactive ketones (excluding diaryl/α,β-unsaturated/α-hetero) is 3. The summed E-state index contributed by atoms with van der Waals surface area (Å²) in [6, 6.07) is 49.0. The summed E-state index contributed by atoms with van der Waals surface area (Å²) in [6.07, 6.45) is 8.81. The summed E-state index contributed by atoms with van der Waals surface area (Å²) in [5.41, 5.74) is 7.80. The van der Waals surface area contributed by atoms with Gasteiger partial charge in [0.15, 0.2) is 34.8 Å². The molecule has 13 aromatic rings. The van der Waals surface area contributed by atoms with E-state index < -0.39 is 93.3 Å². The van der Waals surface area contributed by atoms with Crippen LogP contribution in [0.1, 0.15) is 214 Å². The SMILES string of the molecule is CC(C)COc1ncc(-c2cnc(-c3ccc(C[C@H](CC(=O)c4ccc(C(C)(C)C)s4)C(=O)N[C@H](C)C(=O)O)cc3)nc2)cc1Cl.CCCCN(Cc1ccc(OC)cc1)S(=O)(=O)c1ccc(-c2cnc(-c3ccc(C[C@H](CC(=O)c4ccc(C(C)(C)C)s4)C(=O)N[C@H](C)C(=O)O)cc3)nc2)cc1.CCOc1cc(-c2cnc(-c3ccc(C[C@H](CC(=O)c4ccc(C(C)(C)C)s4)C(=O)N[C@H](C)C(=O)O)cc3)nc2)cc(C(F)(F)F)c1. The van der Waals surface area contributed by atoms with Gasteiger partial charge in [-0.15, -0.1) is 34.0 Å². The van der Waals surface area contributed by atoms with E-state index in [1.807, 2.05) is 112 Å². The van der Waals surface area contributed by atoms with E-state index in [4.69, 9.17) is 25.8 Å². The van der Waals surface area contributed by atoms with Crippen LogP contribution < -0.4 is 30.2 Å². The topological polar surface area (TPSA) is 406 Å². The number of aliphatic carboxylic acids is 3. The Balaban J connectivity index is 0.000000215. The number of alkyl halides is 3. The molecule has 7 aromatic heterocycles. The number of nitrogens with zero attached hydrogens (tertiary/aromatic N) is 8. The third kappa shape index (κ3) is 33.0. The third-order valence-electron chi connectivity index (χ3n) is 24.2. The lowest BCUT2D eigenvalue weighted by Crippen LogP contribution is -2.42. The zero-order valence-corrected chi connectivity index (χ0v) is 90.7. The molecule has 7 heterocycles. The maximum Gasteiger partial charge on any atom is 0.416 e. The van der Waals surface area contributed by atoms with Gasteiger partial charge in [0.2, 0.25) is 33.6 Å². The number of sulfonamides is 1. The molecule has 150 heavy (non-hydrogen) atoms. The number of halogens is 4. The molecule has 0 aliphatic heterocycles. The standard InChI is InChI=1S/C44H50N4O7S2.C35H39ClN4O5S.C35H36F3N3O5S/c1-7-8-23-48(28-31-11-17-36(55-6)18-12-31)57(53,54)37-19-15-32(16-20-37)35-26-45-41(46-27-35)33-13-9-30(10-14-33)24-34(42(50)47-29(2)43(51)52)25-38(49)39-21-22-40(56-39)44(3,4)5;1-20(2)19-45-33-27(36)14-25(16-39-33)26-17-37-31(38-18-26)23-9-7-22(8-10-23)13-24(32(42)40-21(3)34(43)44)15-28(41)29-11-12-30(46-29)35(4,5)6;1-6-46-27-15-23(14-26(17-27)35(36,37)38)25-18-39-31(40-19-25)22-9-7-21(8-10-22)13-24(32(43)41-20(2)33(44)45)16-28(42)29-11-12-30(47-29)34(3,4)5/h9-22,26-27,29,34H,7-8,23-25,28H2,1-6H3,(H,47,50)(H,51,52);7-12,14,16-18,20-21,24H,13,15,19H2,1-6H3,(H,40,42)(H,43,44);7-12,14-15,17-20,24H,6,13,16H2,1-5H3,(H,41,43)(H,44,45)/t29-,34-;21-,24-;20-,24-/m111/s1. The minimum Gasteiger partial charge on any atom is -0.497 e. The first-order valence-electron chi connectivity index (χ1n) is 49.0. The second-order valence-electron chi connectivity index (χ2n) is 40.0. The summed E-state index contributed by atoms with van der Waals surface area (Å²) in [7, 11) is -2.18. The molecule has 0 saturated heterocycles. The van der Waals surface area contributed by atoms with Gasteiger partial charge in [0, 0.05) is 147 Å². The van der Waals surface area contributed by atoms with Crippen molar-refractivity contribution in [2.24, 2.45) is 23.7 Å². The van der Waals surface area contributed by atoms with Gasteiger partial charge in [-0.1, -0.05) is 198 Å². The maximum atomic E-state index is 13.8. The minimum absolute atomic E-state index is 0.0434. The van der Waals surface area contributed by atoms with Crippen molar-refractivity contribution >= 4 is 109 Å².